The summed E-state index contributed by atoms with van der Waals surface area (Å²) in [5.41, 5.74) is 4.40. The van der Waals surface area contributed by atoms with Crippen molar-refractivity contribution in [2.45, 2.75) is 0 Å². The molecule has 0 N–H and O–H groups in total. The number of hydrogen-bond acceptors (Lipinski definition) is 4. The maximum Gasteiger partial charge on any atom is 0.162 e. The molecule has 106 valence electrons. The zero-order valence-corrected chi connectivity index (χ0v) is 12.1. The van der Waals surface area contributed by atoms with Crippen molar-refractivity contribution < 1.29 is 0 Å². The minimum Gasteiger partial charge on any atom is -0.245 e. The van der Waals surface area contributed by atoms with E-state index in [1.807, 2.05) is 36.5 Å². The van der Waals surface area contributed by atoms with Crippen molar-refractivity contribution in [3.63, 3.8) is 0 Å². The number of hydrogen-bond donors (Lipinski definition) is 0. The van der Waals surface area contributed by atoms with Crippen LogP contribution in [-0.4, -0.2) is 24.6 Å². The number of aromatic nitrogens is 5. The van der Waals surface area contributed by atoms with Crippen molar-refractivity contribution >= 4 is 17.2 Å². The molecule has 3 heterocycles. The molecule has 4 rings (SSSR count). The summed E-state index contributed by atoms with van der Waals surface area (Å²) in [5.74, 6) is 0. The summed E-state index contributed by atoms with van der Waals surface area (Å²) in [6.45, 7) is 0. The van der Waals surface area contributed by atoms with Gasteiger partial charge >= 0.3 is 0 Å². The summed E-state index contributed by atoms with van der Waals surface area (Å²) in [6, 6.07) is 9.49. The Balaban J connectivity index is 1.84. The molecule has 0 saturated carbocycles. The average Bonchev–Trinajstić information content (AvgIpc) is 2.99. The Hall–Kier alpha value is -2.79. The van der Waals surface area contributed by atoms with Gasteiger partial charge in [-0.15, -0.1) is 0 Å². The van der Waals surface area contributed by atoms with E-state index in [0.29, 0.717) is 5.02 Å². The van der Waals surface area contributed by atoms with Gasteiger partial charge in [0, 0.05) is 34.7 Å². The molecule has 0 aliphatic carbocycles. The molecule has 4 aromatic rings. The van der Waals surface area contributed by atoms with E-state index >= 15 is 0 Å². The van der Waals surface area contributed by atoms with Crippen LogP contribution in [-0.2, 0) is 0 Å². The van der Waals surface area contributed by atoms with Crippen molar-refractivity contribution in [1.29, 1.82) is 0 Å². The summed E-state index contributed by atoms with van der Waals surface area (Å²) >= 11 is 6.06. The Morgan fingerprint density at radius 1 is 1.00 bits per heavy atom. The van der Waals surface area contributed by atoms with Gasteiger partial charge in [0.2, 0.25) is 0 Å². The summed E-state index contributed by atoms with van der Waals surface area (Å²) in [4.78, 5) is 12.7. The lowest BCUT2D eigenvalue weighted by molar-refractivity contribution is 0.939. The Morgan fingerprint density at radius 3 is 2.77 bits per heavy atom. The summed E-state index contributed by atoms with van der Waals surface area (Å²) in [6.07, 6.45) is 8.69. The molecule has 0 spiro atoms. The third kappa shape index (κ3) is 2.21. The Labute approximate surface area is 131 Å². The van der Waals surface area contributed by atoms with Crippen LogP contribution in [0.5, 0.6) is 0 Å². The fourth-order valence-corrected chi connectivity index (χ4v) is 2.52. The van der Waals surface area contributed by atoms with Crippen molar-refractivity contribution in [1.82, 2.24) is 24.6 Å². The van der Waals surface area contributed by atoms with Crippen LogP contribution in [0.15, 0.2) is 61.4 Å². The first-order valence-electron chi connectivity index (χ1n) is 6.67. The molecule has 3 aromatic heterocycles. The fourth-order valence-electron chi connectivity index (χ4n) is 2.33. The highest BCUT2D eigenvalue weighted by Gasteiger charge is 2.10. The monoisotopic (exact) mass is 307 g/mol. The quantitative estimate of drug-likeness (QED) is 0.568. The number of nitrogens with zero attached hydrogens (tertiary/aromatic N) is 5. The predicted molar refractivity (Wildman–Crippen MR) is 84.5 cm³/mol. The molecule has 0 bridgehead atoms. The molecule has 1 aromatic carbocycles. The Bertz CT molecular complexity index is 949. The van der Waals surface area contributed by atoms with Crippen LogP contribution in [0.1, 0.15) is 0 Å². The number of rotatable bonds is 2. The van der Waals surface area contributed by atoms with Gasteiger partial charge in [0.1, 0.15) is 6.33 Å². The van der Waals surface area contributed by atoms with Crippen molar-refractivity contribution in [2.75, 3.05) is 0 Å². The van der Waals surface area contributed by atoms with Crippen LogP contribution in [0.3, 0.4) is 0 Å². The van der Waals surface area contributed by atoms with E-state index in [1.165, 1.54) is 6.33 Å². The minimum absolute atomic E-state index is 0.689. The SMILES string of the molecule is Clc1cccc(-c2cnn3cc(-c4ccncn4)cnc23)c1. The lowest BCUT2D eigenvalue weighted by Crippen LogP contribution is -1.93. The maximum absolute atomic E-state index is 6.06. The normalized spacial score (nSPS) is 11.0. The number of benzene rings is 1. The Morgan fingerprint density at radius 2 is 1.95 bits per heavy atom. The molecule has 22 heavy (non-hydrogen) atoms. The maximum atomic E-state index is 6.06. The van der Waals surface area contributed by atoms with Gasteiger partial charge in [-0.25, -0.2) is 19.5 Å². The van der Waals surface area contributed by atoms with Gasteiger partial charge in [-0.2, -0.15) is 5.10 Å². The second-order valence-corrected chi connectivity index (χ2v) is 5.21. The van der Waals surface area contributed by atoms with E-state index in [9.17, 15) is 0 Å². The minimum atomic E-state index is 0.689. The zero-order chi connectivity index (χ0) is 14.9. The molecule has 0 atom stereocenters. The van der Waals surface area contributed by atoms with Crippen molar-refractivity contribution in [3.8, 4) is 22.4 Å². The third-order valence-corrected chi connectivity index (χ3v) is 3.60. The largest absolute Gasteiger partial charge is 0.245 e. The van der Waals surface area contributed by atoms with Crippen LogP contribution < -0.4 is 0 Å². The first kappa shape index (κ1) is 12.9. The van der Waals surface area contributed by atoms with Gasteiger partial charge < -0.3 is 0 Å². The fraction of sp³-hybridized carbons (Fsp3) is 0. The second-order valence-electron chi connectivity index (χ2n) is 4.77. The van der Waals surface area contributed by atoms with Crippen LogP contribution in [0, 0.1) is 0 Å². The number of fused-ring (bicyclic) bond motifs is 1. The molecule has 0 saturated heterocycles. The predicted octanol–water partition coefficient (Wildman–Crippen LogP) is 3.51. The molecule has 0 fully saturated rings. The van der Waals surface area contributed by atoms with Gasteiger partial charge in [-0.05, 0) is 23.8 Å². The van der Waals surface area contributed by atoms with Gasteiger partial charge in [0.25, 0.3) is 0 Å². The van der Waals surface area contributed by atoms with E-state index < -0.39 is 0 Å². The highest BCUT2D eigenvalue weighted by atomic mass is 35.5. The van der Waals surface area contributed by atoms with Crippen LogP contribution >= 0.6 is 11.6 Å². The smallest absolute Gasteiger partial charge is 0.162 e. The van der Waals surface area contributed by atoms with Crippen molar-refractivity contribution in [2.24, 2.45) is 0 Å². The van der Waals surface area contributed by atoms with Gasteiger partial charge in [-0.3, -0.25) is 0 Å². The topological polar surface area (TPSA) is 56.0 Å². The second kappa shape index (κ2) is 5.20. The first-order chi connectivity index (χ1) is 10.8. The molecule has 0 unspecified atom stereocenters. The van der Waals surface area contributed by atoms with E-state index in [-0.39, 0.29) is 0 Å². The molecule has 0 aliphatic heterocycles. The van der Waals surface area contributed by atoms with Crippen molar-refractivity contribution in [3.05, 3.63) is 66.5 Å². The van der Waals surface area contributed by atoms with Gasteiger partial charge in [0.15, 0.2) is 5.65 Å². The molecule has 0 aliphatic rings. The third-order valence-electron chi connectivity index (χ3n) is 3.37. The summed E-state index contributed by atoms with van der Waals surface area (Å²) in [7, 11) is 0. The molecular formula is C16H10ClN5. The van der Waals surface area contributed by atoms with E-state index in [0.717, 1.165) is 28.0 Å². The van der Waals surface area contributed by atoms with Crippen LogP contribution in [0.25, 0.3) is 28.0 Å². The molecule has 6 heteroatoms. The summed E-state index contributed by atoms with van der Waals surface area (Å²) < 4.78 is 1.74. The highest BCUT2D eigenvalue weighted by molar-refractivity contribution is 6.30. The lowest BCUT2D eigenvalue weighted by Gasteiger charge is -2.02. The Kier molecular flexibility index (Phi) is 3.05. The summed E-state index contributed by atoms with van der Waals surface area (Å²) in [5, 5.41) is 5.07. The first-order valence-corrected chi connectivity index (χ1v) is 7.05. The van der Waals surface area contributed by atoms with E-state index in [1.54, 1.807) is 23.1 Å². The van der Waals surface area contributed by atoms with Crippen LogP contribution in [0.4, 0.5) is 0 Å². The molecular weight excluding hydrogens is 298 g/mol. The number of halogens is 1. The van der Waals surface area contributed by atoms with E-state index in [2.05, 4.69) is 20.1 Å². The molecule has 5 nitrogen and oxygen atoms in total. The molecule has 0 radical (unpaired) electrons. The van der Waals surface area contributed by atoms with Crippen LogP contribution in [0.2, 0.25) is 5.02 Å². The highest BCUT2D eigenvalue weighted by Crippen LogP contribution is 2.26. The lowest BCUT2D eigenvalue weighted by atomic mass is 10.1. The zero-order valence-electron chi connectivity index (χ0n) is 11.4. The molecule has 0 amide bonds. The van der Waals surface area contributed by atoms with Gasteiger partial charge in [-0.1, -0.05) is 23.7 Å². The average molecular weight is 308 g/mol. The standard InChI is InChI=1S/C16H10ClN5/c17-13-3-1-2-11(6-13)14-8-21-22-9-12(7-19-16(14)22)15-4-5-18-10-20-15/h1-10H. The van der Waals surface area contributed by atoms with Gasteiger partial charge in [0.05, 0.1) is 11.9 Å². The van der Waals surface area contributed by atoms with E-state index in [4.69, 9.17) is 11.6 Å².